The van der Waals surface area contributed by atoms with Gasteiger partial charge in [-0.25, -0.2) is 0 Å². The van der Waals surface area contributed by atoms with E-state index in [0.717, 1.165) is 0 Å². The third-order valence-corrected chi connectivity index (χ3v) is 19.2. The van der Waals surface area contributed by atoms with Crippen LogP contribution >= 0.6 is 0 Å². The summed E-state index contributed by atoms with van der Waals surface area (Å²) in [7, 11) is -16.6. The summed E-state index contributed by atoms with van der Waals surface area (Å²) >= 11 is 0. The first-order valence-corrected chi connectivity index (χ1v) is 24.7. The molecule has 0 aliphatic carbocycles. The number of hydrogen-bond donors (Lipinski definition) is 1. The molecule has 1 N–H and O–H groups in total. The summed E-state index contributed by atoms with van der Waals surface area (Å²) in [6.45, 7) is 15.9. The van der Waals surface area contributed by atoms with Crippen molar-refractivity contribution >= 4 is 73.8 Å². The van der Waals surface area contributed by atoms with E-state index in [1.165, 1.54) is 0 Å². The normalized spacial score (nSPS) is 21.5. The molecule has 9 nitrogen and oxygen atoms in total. The van der Waals surface area contributed by atoms with Crippen LogP contribution in [0.5, 0.6) is 0 Å². The zero-order valence-electron chi connectivity index (χ0n) is 16.0. The maximum absolute atomic E-state index is 10.8. The lowest BCUT2D eigenvalue weighted by molar-refractivity contribution is 0.0751. The molecule has 1 saturated heterocycles. The van der Waals surface area contributed by atoms with Gasteiger partial charge in [-0.2, -0.15) is 0 Å². The lowest BCUT2D eigenvalue weighted by Crippen LogP contribution is -2.62. The summed E-state index contributed by atoms with van der Waals surface area (Å²) in [6, 6.07) is 0. The minimum absolute atomic E-state index is 1.41. The quantitative estimate of drug-likeness (QED) is 0.447. The van der Waals surface area contributed by atoms with Gasteiger partial charge in [0.25, 0.3) is 0 Å². The molecule has 0 aromatic heterocycles. The summed E-state index contributed by atoms with van der Waals surface area (Å²) in [5, 5.41) is 0. The molecule has 0 spiro atoms. The maximum atomic E-state index is 10.8. The van der Waals surface area contributed by atoms with Crippen LogP contribution in [0, 0.1) is 0 Å². The van der Waals surface area contributed by atoms with Crippen molar-refractivity contribution in [2.24, 2.45) is 0 Å². The van der Waals surface area contributed by atoms with E-state index >= 15 is 0 Å². The van der Waals surface area contributed by atoms with Gasteiger partial charge in [-0.3, -0.25) is 0 Å². The fourth-order valence-corrected chi connectivity index (χ4v) is 18.4. The van der Waals surface area contributed by atoms with Gasteiger partial charge in [0.05, 0.1) is 0 Å². The molecule has 25 heavy (non-hydrogen) atoms. The van der Waals surface area contributed by atoms with Gasteiger partial charge in [0, 0.05) is 0 Å². The molecular formula is C8H29O9Si8. The highest BCUT2D eigenvalue weighted by molar-refractivity contribution is 6.79. The molecule has 0 aromatic rings. The summed E-state index contributed by atoms with van der Waals surface area (Å²) in [4.78, 5) is 10.8. The molecule has 1 aliphatic rings. The van der Waals surface area contributed by atoms with Crippen LogP contribution in [0.1, 0.15) is 0 Å². The highest BCUT2D eigenvalue weighted by Crippen LogP contribution is 2.19. The Morgan fingerprint density at radius 2 is 1.00 bits per heavy atom. The topological polar surface area (TPSA) is 94.1 Å². The molecular weight excluding hydrogens is 465 g/mol. The molecule has 0 saturated carbocycles. The van der Waals surface area contributed by atoms with Gasteiger partial charge in [-0.15, -0.1) is 0 Å². The van der Waals surface area contributed by atoms with Crippen LogP contribution in [0.25, 0.3) is 0 Å². The molecule has 1 fully saturated rings. The zero-order valence-corrected chi connectivity index (χ0v) is 24.6. The molecule has 0 bridgehead atoms. The van der Waals surface area contributed by atoms with Crippen molar-refractivity contribution in [3.05, 3.63) is 0 Å². The van der Waals surface area contributed by atoms with Gasteiger partial charge < -0.3 is 37.7 Å². The third-order valence-electron chi connectivity index (χ3n) is 2.14. The van der Waals surface area contributed by atoms with Crippen molar-refractivity contribution in [1.29, 1.82) is 0 Å². The molecule has 1 heterocycles. The van der Waals surface area contributed by atoms with E-state index in [2.05, 4.69) is 0 Å². The van der Waals surface area contributed by atoms with E-state index in [1.54, 1.807) is 0 Å². The smallest absolute Gasteiger partial charge is 0.417 e. The lowest BCUT2D eigenvalue weighted by Gasteiger charge is -2.34. The molecule has 1 rings (SSSR count). The van der Waals surface area contributed by atoms with Crippen molar-refractivity contribution < 1.29 is 37.7 Å². The maximum Gasteiger partial charge on any atom is 0.651 e. The zero-order chi connectivity index (χ0) is 19.2. The summed E-state index contributed by atoms with van der Waals surface area (Å²) in [5.74, 6) is 0. The molecule has 0 atom stereocenters. The second kappa shape index (κ2) is 11.4. The molecule has 0 amide bonds. The van der Waals surface area contributed by atoms with Crippen LogP contribution < -0.4 is 0 Å². The van der Waals surface area contributed by atoms with Gasteiger partial charge in [-0.05, 0) is 52.4 Å². The van der Waals surface area contributed by atoms with E-state index in [0.29, 0.717) is 0 Å². The second-order valence-corrected chi connectivity index (χ2v) is 24.3. The minimum atomic E-state index is -3.94. The second-order valence-electron chi connectivity index (χ2n) is 6.35. The Bertz CT molecular complexity index is 367. The molecule has 0 unspecified atom stereocenters. The van der Waals surface area contributed by atoms with E-state index in [4.69, 9.17) is 32.9 Å². The van der Waals surface area contributed by atoms with Crippen molar-refractivity contribution in [2.45, 2.75) is 52.4 Å². The average Bonchev–Trinajstić information content (AvgIpc) is 2.32. The van der Waals surface area contributed by atoms with E-state index < -0.39 is 73.8 Å². The molecule has 147 valence electrons. The van der Waals surface area contributed by atoms with Gasteiger partial charge in [0.15, 0.2) is 36.2 Å². The van der Waals surface area contributed by atoms with Gasteiger partial charge >= 0.3 is 37.6 Å². The Labute approximate surface area is 163 Å². The van der Waals surface area contributed by atoms with E-state index in [9.17, 15) is 4.80 Å². The molecule has 17 heteroatoms. The van der Waals surface area contributed by atoms with Crippen molar-refractivity contribution in [1.82, 2.24) is 0 Å². The predicted octanol–water partition coefficient (Wildman–Crippen LogP) is -0.551. The van der Waals surface area contributed by atoms with Crippen LogP contribution in [0.15, 0.2) is 0 Å². The van der Waals surface area contributed by atoms with E-state index in [1.807, 2.05) is 52.4 Å². The summed E-state index contributed by atoms with van der Waals surface area (Å²) < 4.78 is 46.4. The van der Waals surface area contributed by atoms with Crippen molar-refractivity contribution in [2.75, 3.05) is 0 Å². The van der Waals surface area contributed by atoms with Crippen LogP contribution in [0.3, 0.4) is 0 Å². The van der Waals surface area contributed by atoms with Crippen LogP contribution in [0.2, 0.25) is 52.4 Å². The van der Waals surface area contributed by atoms with Gasteiger partial charge in [0.2, 0.25) is 0 Å². The van der Waals surface area contributed by atoms with Gasteiger partial charge in [0.1, 0.15) is 0 Å². The highest BCUT2D eigenvalue weighted by Gasteiger charge is 2.55. The van der Waals surface area contributed by atoms with E-state index in [-0.39, 0.29) is 0 Å². The Balaban J connectivity index is 2.99. The SMILES string of the molecule is C[SiH](C)O[Si]1O[Si](O[SiH](C)C)O[Si](O)(O[SiH](C)C)O[Si](O[SiH](C)C)O1. The fourth-order valence-electron chi connectivity index (χ4n) is 1.50. The lowest BCUT2D eigenvalue weighted by atomic mass is 11.9. The van der Waals surface area contributed by atoms with Crippen molar-refractivity contribution in [3.63, 3.8) is 0 Å². The first kappa shape index (κ1) is 24.4. The Kier molecular flexibility index (Phi) is 11.1. The highest BCUT2D eigenvalue weighted by atomic mass is 28.5. The molecule has 3 radical (unpaired) electrons. The van der Waals surface area contributed by atoms with Crippen molar-refractivity contribution in [3.8, 4) is 0 Å². The molecule has 1 aliphatic heterocycles. The fraction of sp³-hybridized carbons (Fsp3) is 1.00. The first-order valence-electron chi connectivity index (χ1n) is 8.23. The number of rotatable bonds is 8. The van der Waals surface area contributed by atoms with Gasteiger partial charge in [-0.1, -0.05) is 0 Å². The van der Waals surface area contributed by atoms with Crippen LogP contribution in [-0.2, 0) is 32.9 Å². The predicted molar refractivity (Wildman–Crippen MR) is 109 cm³/mol. The minimum Gasteiger partial charge on any atom is -0.417 e. The Morgan fingerprint density at radius 1 is 0.640 bits per heavy atom. The summed E-state index contributed by atoms with van der Waals surface area (Å²) in [6.07, 6.45) is 0. The van der Waals surface area contributed by atoms with Crippen LogP contribution in [-0.4, -0.2) is 78.6 Å². The summed E-state index contributed by atoms with van der Waals surface area (Å²) in [5.41, 5.74) is 0. The third kappa shape index (κ3) is 10.5. The Morgan fingerprint density at radius 3 is 1.32 bits per heavy atom. The Hall–Kier alpha value is 1.38. The molecule has 0 aromatic carbocycles. The monoisotopic (exact) mass is 493 g/mol. The number of hydrogen-bond acceptors (Lipinski definition) is 9. The largest absolute Gasteiger partial charge is 0.651 e. The standard InChI is InChI=1S/C8H29O9Si8/c1-18(2)10-22-13-23(11-19(3)4)16-25(9,15-21(7)8)17-24(14-22)12-20(5)6/h9,18-21H,1-8H3. The average molecular weight is 494 g/mol. The van der Waals surface area contributed by atoms with Crippen LogP contribution in [0.4, 0.5) is 0 Å². The first-order chi connectivity index (χ1) is 11.5.